The minimum atomic E-state index is -0.184. The minimum Gasteiger partial charge on any atom is -0.347 e. The zero-order valence-corrected chi connectivity index (χ0v) is 13.5. The van der Waals surface area contributed by atoms with Crippen LogP contribution in [-0.4, -0.2) is 25.9 Å². The number of nitrogens with one attached hydrogen (secondary N) is 1. The van der Waals surface area contributed by atoms with E-state index in [2.05, 4.69) is 20.6 Å². The van der Waals surface area contributed by atoms with Crippen molar-refractivity contribution >= 4 is 5.91 Å². The predicted octanol–water partition coefficient (Wildman–Crippen LogP) is 2.49. The molecule has 0 aromatic carbocycles. The van der Waals surface area contributed by atoms with Gasteiger partial charge in [0.15, 0.2) is 5.69 Å². The molecule has 1 fully saturated rings. The Kier molecular flexibility index (Phi) is 5.00. The van der Waals surface area contributed by atoms with E-state index in [0.29, 0.717) is 18.2 Å². The van der Waals surface area contributed by atoms with Crippen LogP contribution in [0.5, 0.6) is 0 Å². The third kappa shape index (κ3) is 4.15. The summed E-state index contributed by atoms with van der Waals surface area (Å²) in [5.74, 6) is 0.483. The van der Waals surface area contributed by atoms with Gasteiger partial charge in [-0.15, -0.1) is 5.10 Å². The number of amides is 1. The SMILES string of the molecule is Cc1cnccc1CNC(=O)c1cn(CC2CCCCC2)nn1. The van der Waals surface area contributed by atoms with E-state index in [1.54, 1.807) is 18.6 Å². The second-order valence-electron chi connectivity index (χ2n) is 6.31. The van der Waals surface area contributed by atoms with Crippen LogP contribution in [0.2, 0.25) is 0 Å². The second kappa shape index (κ2) is 7.35. The maximum Gasteiger partial charge on any atom is 0.273 e. The number of carbonyl (C=O) groups is 1. The fourth-order valence-electron chi connectivity index (χ4n) is 3.09. The van der Waals surface area contributed by atoms with Crippen molar-refractivity contribution in [2.24, 2.45) is 5.92 Å². The van der Waals surface area contributed by atoms with Crippen LogP contribution in [0.15, 0.2) is 24.7 Å². The number of rotatable bonds is 5. The van der Waals surface area contributed by atoms with Gasteiger partial charge in [-0.3, -0.25) is 14.5 Å². The van der Waals surface area contributed by atoms with E-state index in [4.69, 9.17) is 0 Å². The number of hydrogen-bond acceptors (Lipinski definition) is 4. The molecule has 6 heteroatoms. The predicted molar refractivity (Wildman–Crippen MR) is 86.7 cm³/mol. The molecule has 0 atom stereocenters. The van der Waals surface area contributed by atoms with Crippen molar-refractivity contribution in [2.45, 2.75) is 52.1 Å². The van der Waals surface area contributed by atoms with Crippen LogP contribution in [-0.2, 0) is 13.1 Å². The molecule has 1 aliphatic carbocycles. The van der Waals surface area contributed by atoms with Crippen molar-refractivity contribution in [3.63, 3.8) is 0 Å². The van der Waals surface area contributed by atoms with E-state index in [0.717, 1.165) is 17.7 Å². The molecule has 122 valence electrons. The normalized spacial score (nSPS) is 15.5. The lowest BCUT2D eigenvalue weighted by Crippen LogP contribution is -2.23. The van der Waals surface area contributed by atoms with Crippen molar-refractivity contribution in [3.05, 3.63) is 41.5 Å². The summed E-state index contributed by atoms with van der Waals surface area (Å²) in [5, 5.41) is 11.0. The Morgan fingerprint density at radius 1 is 1.35 bits per heavy atom. The summed E-state index contributed by atoms with van der Waals surface area (Å²) in [4.78, 5) is 16.2. The molecule has 1 aliphatic rings. The second-order valence-corrected chi connectivity index (χ2v) is 6.31. The molecule has 0 unspecified atom stereocenters. The molecule has 3 rings (SSSR count). The Labute approximate surface area is 136 Å². The fraction of sp³-hybridized carbons (Fsp3) is 0.529. The smallest absolute Gasteiger partial charge is 0.273 e. The van der Waals surface area contributed by atoms with Crippen molar-refractivity contribution in [3.8, 4) is 0 Å². The van der Waals surface area contributed by atoms with Crippen molar-refractivity contribution < 1.29 is 4.79 Å². The largest absolute Gasteiger partial charge is 0.347 e. The Morgan fingerprint density at radius 3 is 2.96 bits per heavy atom. The molecule has 2 aromatic rings. The van der Waals surface area contributed by atoms with Gasteiger partial charge in [0, 0.05) is 25.5 Å². The lowest BCUT2D eigenvalue weighted by Gasteiger charge is -2.20. The Hall–Kier alpha value is -2.24. The van der Waals surface area contributed by atoms with Gasteiger partial charge >= 0.3 is 0 Å². The lowest BCUT2D eigenvalue weighted by atomic mass is 9.89. The Balaban J connectivity index is 1.54. The van der Waals surface area contributed by atoms with Crippen molar-refractivity contribution in [2.75, 3.05) is 0 Å². The molecule has 0 aliphatic heterocycles. The number of aromatic nitrogens is 4. The highest BCUT2D eigenvalue weighted by molar-refractivity contribution is 5.91. The topological polar surface area (TPSA) is 72.7 Å². The summed E-state index contributed by atoms with van der Waals surface area (Å²) < 4.78 is 1.81. The van der Waals surface area contributed by atoms with Crippen molar-refractivity contribution in [1.29, 1.82) is 0 Å². The molecular formula is C17H23N5O. The highest BCUT2D eigenvalue weighted by Gasteiger charge is 2.16. The van der Waals surface area contributed by atoms with Crippen LogP contribution in [0, 0.1) is 12.8 Å². The van der Waals surface area contributed by atoms with E-state index in [9.17, 15) is 4.79 Å². The highest BCUT2D eigenvalue weighted by atomic mass is 16.2. The molecule has 0 saturated heterocycles. The molecule has 6 nitrogen and oxygen atoms in total. The molecule has 1 amide bonds. The summed E-state index contributed by atoms with van der Waals surface area (Å²) in [7, 11) is 0. The number of carbonyl (C=O) groups excluding carboxylic acids is 1. The van der Waals surface area contributed by atoms with Crippen LogP contribution >= 0.6 is 0 Å². The maximum atomic E-state index is 12.2. The molecule has 23 heavy (non-hydrogen) atoms. The monoisotopic (exact) mass is 313 g/mol. The molecule has 0 spiro atoms. The van der Waals surface area contributed by atoms with E-state index in [-0.39, 0.29) is 5.91 Å². The van der Waals surface area contributed by atoms with E-state index >= 15 is 0 Å². The van der Waals surface area contributed by atoms with E-state index in [1.165, 1.54) is 32.1 Å². The summed E-state index contributed by atoms with van der Waals surface area (Å²) in [5.41, 5.74) is 2.50. The molecule has 1 saturated carbocycles. The van der Waals surface area contributed by atoms with Crippen LogP contribution in [0.1, 0.15) is 53.7 Å². The Morgan fingerprint density at radius 2 is 2.17 bits per heavy atom. The number of pyridine rings is 1. The maximum absolute atomic E-state index is 12.2. The van der Waals surface area contributed by atoms with Gasteiger partial charge in [-0.1, -0.05) is 24.5 Å². The van der Waals surface area contributed by atoms with Crippen LogP contribution in [0.3, 0.4) is 0 Å². The number of hydrogen-bond donors (Lipinski definition) is 1. The quantitative estimate of drug-likeness (QED) is 0.920. The van der Waals surface area contributed by atoms with Gasteiger partial charge in [-0.25, -0.2) is 0 Å². The first-order valence-electron chi connectivity index (χ1n) is 8.30. The van der Waals surface area contributed by atoms with Gasteiger partial charge in [0.05, 0.1) is 6.20 Å². The zero-order chi connectivity index (χ0) is 16.1. The first kappa shape index (κ1) is 15.6. The van der Waals surface area contributed by atoms with Gasteiger partial charge < -0.3 is 5.32 Å². The third-order valence-electron chi connectivity index (χ3n) is 4.52. The van der Waals surface area contributed by atoms with Gasteiger partial charge in [0.2, 0.25) is 0 Å². The summed E-state index contributed by atoms with van der Waals surface area (Å²) >= 11 is 0. The zero-order valence-electron chi connectivity index (χ0n) is 13.5. The number of nitrogens with zero attached hydrogens (tertiary/aromatic N) is 4. The van der Waals surface area contributed by atoms with Gasteiger partial charge in [-0.05, 0) is 42.9 Å². The standard InChI is InChI=1S/C17H23N5O/c1-13-9-18-8-7-15(13)10-19-17(23)16-12-22(21-20-16)11-14-5-3-2-4-6-14/h7-9,12,14H,2-6,10-11H2,1H3,(H,19,23). The average molecular weight is 313 g/mol. The fourth-order valence-corrected chi connectivity index (χ4v) is 3.09. The molecule has 0 radical (unpaired) electrons. The minimum absolute atomic E-state index is 0.184. The summed E-state index contributed by atoms with van der Waals surface area (Å²) in [6.07, 6.45) is 11.7. The van der Waals surface area contributed by atoms with Gasteiger partial charge in [0.25, 0.3) is 5.91 Å². The molecule has 0 bridgehead atoms. The summed E-state index contributed by atoms with van der Waals surface area (Å²) in [6.45, 7) is 3.32. The van der Waals surface area contributed by atoms with Crippen LogP contribution in [0.25, 0.3) is 0 Å². The van der Waals surface area contributed by atoms with Crippen LogP contribution < -0.4 is 5.32 Å². The number of aryl methyl sites for hydroxylation is 1. The van der Waals surface area contributed by atoms with Crippen molar-refractivity contribution in [1.82, 2.24) is 25.3 Å². The molecule has 1 N–H and O–H groups in total. The van der Waals surface area contributed by atoms with E-state index in [1.807, 2.05) is 17.7 Å². The summed E-state index contributed by atoms with van der Waals surface area (Å²) in [6, 6.07) is 1.91. The van der Waals surface area contributed by atoms with Gasteiger partial charge in [0.1, 0.15) is 0 Å². The molecular weight excluding hydrogens is 290 g/mol. The van der Waals surface area contributed by atoms with Gasteiger partial charge in [-0.2, -0.15) is 0 Å². The first-order chi connectivity index (χ1) is 11.2. The Bertz CT molecular complexity index is 661. The lowest BCUT2D eigenvalue weighted by molar-refractivity contribution is 0.0945. The van der Waals surface area contributed by atoms with Crippen LogP contribution in [0.4, 0.5) is 0 Å². The first-order valence-corrected chi connectivity index (χ1v) is 8.30. The third-order valence-corrected chi connectivity index (χ3v) is 4.52. The molecule has 2 aromatic heterocycles. The molecule has 2 heterocycles. The highest BCUT2D eigenvalue weighted by Crippen LogP contribution is 2.24. The average Bonchev–Trinajstić information content (AvgIpc) is 3.03. The van der Waals surface area contributed by atoms with E-state index < -0.39 is 0 Å².